The molecule has 0 heterocycles. The predicted octanol–water partition coefficient (Wildman–Crippen LogP) is 2.76. The molecule has 0 aliphatic rings. The van der Waals surface area contributed by atoms with Crippen LogP contribution in [0.1, 0.15) is 19.4 Å². The van der Waals surface area contributed by atoms with Crippen molar-refractivity contribution in [3.05, 3.63) is 40.7 Å². The third-order valence-electron chi connectivity index (χ3n) is 2.08. The van der Waals surface area contributed by atoms with Crippen molar-refractivity contribution in [2.75, 3.05) is 6.61 Å². The maximum Gasteiger partial charge on any atom is 0.343 e. The highest BCUT2D eigenvalue weighted by Crippen LogP contribution is 2.17. The van der Waals surface area contributed by atoms with E-state index in [0.717, 1.165) is 5.56 Å². The van der Waals surface area contributed by atoms with Crippen molar-refractivity contribution in [2.45, 2.75) is 25.7 Å². The molecule has 1 aromatic carbocycles. The molecule has 1 aromatic rings. The lowest BCUT2D eigenvalue weighted by Gasteiger charge is -2.04. The second-order valence-corrected chi connectivity index (χ2v) is 4.98. The van der Waals surface area contributed by atoms with Crippen LogP contribution >= 0.6 is 0 Å². The van der Waals surface area contributed by atoms with E-state index in [1.165, 1.54) is 6.92 Å². The van der Waals surface area contributed by atoms with Crippen LogP contribution in [0.4, 0.5) is 0 Å². The van der Waals surface area contributed by atoms with E-state index in [9.17, 15) is 9.32 Å². The molecular weight excluding hydrogens is 224 g/mol. The molecule has 3 nitrogen and oxygen atoms in total. The Hall–Kier alpha value is -1.29. The summed E-state index contributed by atoms with van der Waals surface area (Å²) >= 11 is 0. The lowest BCUT2D eigenvalue weighted by atomic mass is 10.2. The molecule has 0 N–H and O–H groups in total. The van der Waals surface area contributed by atoms with Crippen LogP contribution in [-0.2, 0) is 20.6 Å². The van der Waals surface area contributed by atoms with E-state index in [2.05, 4.69) is 0 Å². The van der Waals surface area contributed by atoms with E-state index in [-0.39, 0.29) is 4.91 Å². The van der Waals surface area contributed by atoms with Gasteiger partial charge in [0, 0.05) is 4.90 Å². The van der Waals surface area contributed by atoms with Crippen LogP contribution in [0.15, 0.2) is 40.0 Å². The normalized spacial score (nSPS) is 14.2. The smallest absolute Gasteiger partial charge is 0.343 e. The summed E-state index contributed by atoms with van der Waals surface area (Å²) in [5.74, 6) is -0.499. The van der Waals surface area contributed by atoms with Crippen molar-refractivity contribution in [3.8, 4) is 0 Å². The lowest BCUT2D eigenvalue weighted by Crippen LogP contribution is -1.99. The highest BCUT2D eigenvalue weighted by atomic mass is 32.2. The summed E-state index contributed by atoms with van der Waals surface area (Å²) in [7, 11) is -1.43. The van der Waals surface area contributed by atoms with Crippen LogP contribution in [0.5, 0.6) is 0 Å². The Morgan fingerprint density at radius 3 is 2.38 bits per heavy atom. The first-order chi connectivity index (χ1) is 7.56. The average Bonchev–Trinajstić information content (AvgIpc) is 2.28. The summed E-state index contributed by atoms with van der Waals surface area (Å²) < 4.78 is 16.7. The topological polar surface area (TPSA) is 46.2 Å². The molecule has 1 rings (SSSR count). The first-order valence-electron chi connectivity index (χ1n) is 5.05. The maximum atomic E-state index is 11.9. The van der Waals surface area contributed by atoms with Gasteiger partial charge in [0.05, 0.1) is 17.4 Å². The van der Waals surface area contributed by atoms with Crippen molar-refractivity contribution < 1.29 is 14.1 Å². The first-order valence-corrected chi connectivity index (χ1v) is 6.20. The lowest BCUT2D eigenvalue weighted by molar-refractivity contribution is 0.0582. The molecule has 16 heavy (non-hydrogen) atoms. The average molecular weight is 239 g/mol. The summed E-state index contributed by atoms with van der Waals surface area (Å²) in [6.45, 7) is 5.50. The van der Waals surface area contributed by atoms with Crippen LogP contribution in [-0.4, -0.2) is 10.8 Å². The van der Waals surface area contributed by atoms with Gasteiger partial charge in [0.15, 0.2) is 0 Å². The summed E-state index contributed by atoms with van der Waals surface area (Å²) in [4.78, 5) is 0.849. The molecule has 0 aliphatic heterocycles. The van der Waals surface area contributed by atoms with Gasteiger partial charge >= 0.3 is 5.95 Å². The van der Waals surface area contributed by atoms with E-state index in [1.807, 2.05) is 19.1 Å². The van der Waals surface area contributed by atoms with Gasteiger partial charge in [-0.15, -0.1) is 0 Å². The van der Waals surface area contributed by atoms with Crippen LogP contribution in [0.25, 0.3) is 0 Å². The second kappa shape index (κ2) is 5.70. The molecular formula is C12H15O3S. The maximum absolute atomic E-state index is 11.9. The van der Waals surface area contributed by atoms with Crippen molar-refractivity contribution in [1.29, 1.82) is 0 Å². The molecule has 0 spiro atoms. The number of ether oxygens (including phenoxy) is 1. The van der Waals surface area contributed by atoms with Gasteiger partial charge in [0.2, 0.25) is 0 Å². The zero-order valence-corrected chi connectivity index (χ0v) is 10.5. The molecule has 4 heteroatoms. The number of allylic oxidation sites excluding steroid dienone is 1. The Bertz CT molecular complexity index is 407. The minimum absolute atomic E-state index is 0.228. The molecule has 0 saturated carbocycles. The third-order valence-corrected chi connectivity index (χ3v) is 3.50. The van der Waals surface area contributed by atoms with E-state index in [1.54, 1.807) is 19.1 Å². The zero-order valence-electron chi connectivity index (χ0n) is 9.65. The third kappa shape index (κ3) is 3.10. The number of hydrogen-bond donors (Lipinski definition) is 0. The van der Waals surface area contributed by atoms with Gasteiger partial charge < -0.3 is 4.74 Å². The fraction of sp³-hybridized carbons (Fsp3) is 0.333. The van der Waals surface area contributed by atoms with E-state index < -0.39 is 16.7 Å². The van der Waals surface area contributed by atoms with Gasteiger partial charge in [-0.1, -0.05) is 17.7 Å². The molecule has 0 fully saturated rings. The van der Waals surface area contributed by atoms with Crippen LogP contribution in [0.3, 0.4) is 0 Å². The van der Waals surface area contributed by atoms with Crippen LogP contribution in [0.2, 0.25) is 0 Å². The number of aryl methyl sites for hydroxylation is 1. The summed E-state index contributed by atoms with van der Waals surface area (Å²) in [5.41, 5.74) is 1.09. The number of hydrogen-bond acceptors (Lipinski definition) is 2. The Morgan fingerprint density at radius 2 is 1.88 bits per heavy atom. The fourth-order valence-corrected chi connectivity index (χ4v) is 2.09. The monoisotopic (exact) mass is 239 g/mol. The van der Waals surface area contributed by atoms with Crippen molar-refractivity contribution >= 4 is 10.8 Å². The van der Waals surface area contributed by atoms with Gasteiger partial charge in [-0.2, -0.15) is 0 Å². The van der Waals surface area contributed by atoms with Crippen molar-refractivity contribution in [2.24, 2.45) is 0 Å². The molecule has 0 saturated heterocycles. The number of rotatable bonds is 4. The summed E-state index contributed by atoms with van der Waals surface area (Å²) in [6.07, 6.45) is 0. The molecule has 1 unspecified atom stereocenters. The number of benzene rings is 1. The molecule has 87 valence electrons. The molecule has 0 amide bonds. The zero-order chi connectivity index (χ0) is 12.1. The Labute approximate surface area is 98.2 Å². The molecule has 1 atom stereocenters. The van der Waals surface area contributed by atoms with Gasteiger partial charge in [0.25, 0.3) is 0 Å². The Balaban J connectivity index is 2.94. The van der Waals surface area contributed by atoms with Crippen LogP contribution < -0.4 is 0 Å². The minimum Gasteiger partial charge on any atom is -0.462 e. The standard InChI is InChI=1S/C12H15O3S/c1-4-15-12(13)10(3)16(14)11-7-5-9(2)6-8-11/h5-8H,4H2,1-3H3. The predicted molar refractivity (Wildman–Crippen MR) is 62.6 cm³/mol. The molecule has 0 bridgehead atoms. The molecule has 1 radical (unpaired) electrons. The van der Waals surface area contributed by atoms with E-state index in [0.29, 0.717) is 11.5 Å². The van der Waals surface area contributed by atoms with E-state index in [4.69, 9.17) is 4.74 Å². The SMILES string of the molecule is CCOC([O])=C(C)S(=O)c1ccc(C)cc1. The van der Waals surface area contributed by atoms with Gasteiger partial charge in [-0.3, -0.25) is 0 Å². The van der Waals surface area contributed by atoms with Crippen molar-refractivity contribution in [1.82, 2.24) is 0 Å². The largest absolute Gasteiger partial charge is 0.462 e. The summed E-state index contributed by atoms with van der Waals surface area (Å²) in [6, 6.07) is 7.25. The fourth-order valence-electron chi connectivity index (χ4n) is 1.15. The van der Waals surface area contributed by atoms with E-state index >= 15 is 0 Å². The van der Waals surface area contributed by atoms with Crippen molar-refractivity contribution in [3.63, 3.8) is 0 Å². The first kappa shape index (κ1) is 12.8. The summed E-state index contributed by atoms with van der Waals surface area (Å²) in [5, 5.41) is 11.4. The highest BCUT2D eigenvalue weighted by molar-refractivity contribution is 7.89. The second-order valence-electron chi connectivity index (χ2n) is 3.36. The van der Waals surface area contributed by atoms with Crippen LogP contribution in [0, 0.1) is 6.92 Å². The molecule has 0 aromatic heterocycles. The minimum atomic E-state index is -1.43. The van der Waals surface area contributed by atoms with Gasteiger partial charge in [0.1, 0.15) is 4.91 Å². The quantitative estimate of drug-likeness (QED) is 0.758. The Kier molecular flexibility index (Phi) is 4.55. The molecule has 0 aliphatic carbocycles. The van der Waals surface area contributed by atoms with Gasteiger partial charge in [-0.25, -0.2) is 9.32 Å². The Morgan fingerprint density at radius 1 is 1.31 bits per heavy atom. The highest BCUT2D eigenvalue weighted by Gasteiger charge is 2.13. The van der Waals surface area contributed by atoms with Gasteiger partial charge in [-0.05, 0) is 32.9 Å².